The highest BCUT2D eigenvalue weighted by Crippen LogP contribution is 2.32. The third kappa shape index (κ3) is 3.80. The van der Waals surface area contributed by atoms with Gasteiger partial charge in [0.1, 0.15) is 17.6 Å². The summed E-state index contributed by atoms with van der Waals surface area (Å²) < 4.78 is 19.8. The van der Waals surface area contributed by atoms with Gasteiger partial charge in [-0.15, -0.1) is 0 Å². The molecule has 1 saturated heterocycles. The lowest BCUT2D eigenvalue weighted by Gasteiger charge is -2.30. The quantitative estimate of drug-likeness (QED) is 0.687. The number of rotatable bonds is 4. The first-order chi connectivity index (χ1) is 14.6. The minimum Gasteiger partial charge on any atom is -0.419 e. The number of nitrogens with zero attached hydrogens (tertiary/aromatic N) is 3. The van der Waals surface area contributed by atoms with Gasteiger partial charge in [-0.1, -0.05) is 12.1 Å². The lowest BCUT2D eigenvalue weighted by molar-refractivity contribution is -0.120. The molecule has 1 aromatic carbocycles. The van der Waals surface area contributed by atoms with Crippen LogP contribution in [0.1, 0.15) is 18.5 Å². The molecule has 0 atom stereocenters. The SMILES string of the molecule is N#Cc1nc(-c2ccccc2F)oc1N1CCC(C(=O)Nc2c[nH]ccc2=O)CC1. The zero-order valence-electron chi connectivity index (χ0n) is 15.9. The van der Waals surface area contributed by atoms with Crippen molar-refractivity contribution >= 4 is 17.5 Å². The van der Waals surface area contributed by atoms with Crippen molar-refractivity contribution in [1.29, 1.82) is 5.26 Å². The Kier molecular flexibility index (Phi) is 5.30. The van der Waals surface area contributed by atoms with E-state index in [0.717, 1.165) is 0 Å². The van der Waals surface area contributed by atoms with Crippen LogP contribution in [0.4, 0.5) is 16.0 Å². The Bertz CT molecular complexity index is 1170. The molecule has 3 heterocycles. The van der Waals surface area contributed by atoms with Crippen LogP contribution in [0.3, 0.4) is 0 Å². The van der Waals surface area contributed by atoms with Gasteiger partial charge >= 0.3 is 0 Å². The van der Waals surface area contributed by atoms with Crippen molar-refractivity contribution in [3.63, 3.8) is 0 Å². The highest BCUT2D eigenvalue weighted by Gasteiger charge is 2.29. The Hall–Kier alpha value is -3.93. The smallest absolute Gasteiger partial charge is 0.235 e. The molecular weight excluding hydrogens is 389 g/mol. The highest BCUT2D eigenvalue weighted by molar-refractivity contribution is 5.92. The minimum atomic E-state index is -0.485. The number of H-pyrrole nitrogens is 1. The molecule has 152 valence electrons. The number of oxazole rings is 1. The maximum Gasteiger partial charge on any atom is 0.235 e. The van der Waals surface area contributed by atoms with Crippen molar-refractivity contribution in [2.45, 2.75) is 12.8 Å². The number of halogens is 1. The predicted molar refractivity (Wildman–Crippen MR) is 107 cm³/mol. The molecule has 1 aliphatic heterocycles. The molecule has 8 nitrogen and oxygen atoms in total. The molecule has 0 radical (unpaired) electrons. The van der Waals surface area contributed by atoms with Gasteiger partial charge < -0.3 is 19.6 Å². The molecule has 2 aromatic heterocycles. The molecule has 0 saturated carbocycles. The van der Waals surface area contributed by atoms with E-state index in [-0.39, 0.29) is 46.0 Å². The molecule has 2 N–H and O–H groups in total. The number of carbonyl (C=O) groups is 1. The summed E-state index contributed by atoms with van der Waals surface area (Å²) in [4.78, 5) is 33.0. The van der Waals surface area contributed by atoms with Crippen molar-refractivity contribution in [3.8, 4) is 17.5 Å². The lowest BCUT2D eigenvalue weighted by Crippen LogP contribution is -2.38. The first-order valence-electron chi connectivity index (χ1n) is 9.45. The van der Waals surface area contributed by atoms with E-state index < -0.39 is 5.82 Å². The summed E-state index contributed by atoms with van der Waals surface area (Å²) in [6, 6.07) is 9.39. The highest BCUT2D eigenvalue weighted by atomic mass is 19.1. The molecule has 0 bridgehead atoms. The monoisotopic (exact) mass is 407 g/mol. The van der Waals surface area contributed by atoms with Gasteiger partial charge in [0.15, 0.2) is 0 Å². The standard InChI is InChI=1S/C21H18FN5O3/c22-15-4-2-1-3-14(15)20-26-16(11-23)21(30-20)27-9-6-13(7-10-27)19(29)25-17-12-24-8-5-18(17)28/h1-5,8,12-13H,6-7,9-10H2,(H,24,28)(H,25,29). The van der Waals surface area contributed by atoms with E-state index in [1.165, 1.54) is 30.6 Å². The number of hydrogen-bond acceptors (Lipinski definition) is 6. The van der Waals surface area contributed by atoms with Gasteiger partial charge in [0.2, 0.25) is 28.8 Å². The second-order valence-electron chi connectivity index (χ2n) is 6.94. The van der Waals surface area contributed by atoms with Gasteiger partial charge in [-0.05, 0) is 25.0 Å². The molecule has 4 rings (SSSR count). The molecule has 9 heteroatoms. The average molecular weight is 407 g/mol. The van der Waals surface area contributed by atoms with Crippen LogP contribution in [0.5, 0.6) is 0 Å². The van der Waals surface area contributed by atoms with Crippen molar-refractivity contribution in [1.82, 2.24) is 9.97 Å². The fourth-order valence-electron chi connectivity index (χ4n) is 3.44. The van der Waals surface area contributed by atoms with Gasteiger partial charge in [0.05, 0.1) is 5.56 Å². The van der Waals surface area contributed by atoms with E-state index in [2.05, 4.69) is 15.3 Å². The van der Waals surface area contributed by atoms with Gasteiger partial charge in [-0.25, -0.2) is 4.39 Å². The number of anilines is 2. The van der Waals surface area contributed by atoms with E-state index in [9.17, 15) is 19.2 Å². The number of piperidine rings is 1. The van der Waals surface area contributed by atoms with E-state index in [0.29, 0.717) is 25.9 Å². The fourth-order valence-corrected chi connectivity index (χ4v) is 3.44. The Balaban J connectivity index is 1.46. The summed E-state index contributed by atoms with van der Waals surface area (Å²) in [5.41, 5.74) is 0.205. The molecule has 0 spiro atoms. The van der Waals surface area contributed by atoms with E-state index in [1.54, 1.807) is 12.1 Å². The molecule has 1 aliphatic rings. The van der Waals surface area contributed by atoms with Crippen molar-refractivity contribution < 1.29 is 13.6 Å². The second kappa shape index (κ2) is 8.21. The Morgan fingerprint density at radius 2 is 2.07 bits per heavy atom. The molecular formula is C21H18FN5O3. The van der Waals surface area contributed by atoms with Gasteiger partial charge in [0, 0.05) is 37.5 Å². The maximum absolute atomic E-state index is 14.0. The van der Waals surface area contributed by atoms with Crippen LogP contribution in [0.15, 0.2) is 51.9 Å². The Labute approximate surface area is 171 Å². The number of aromatic amines is 1. The average Bonchev–Trinajstić information content (AvgIpc) is 3.20. The van der Waals surface area contributed by atoms with Crippen molar-refractivity contribution in [3.05, 3.63) is 64.5 Å². The number of aromatic nitrogens is 2. The first kappa shape index (κ1) is 19.4. The van der Waals surface area contributed by atoms with Crippen LogP contribution >= 0.6 is 0 Å². The molecule has 0 aliphatic carbocycles. The van der Waals surface area contributed by atoms with E-state index >= 15 is 0 Å². The summed E-state index contributed by atoms with van der Waals surface area (Å²) in [7, 11) is 0. The summed E-state index contributed by atoms with van der Waals surface area (Å²) in [6.45, 7) is 0.924. The summed E-state index contributed by atoms with van der Waals surface area (Å²) >= 11 is 0. The molecule has 0 unspecified atom stereocenters. The number of hydrogen-bond donors (Lipinski definition) is 2. The summed E-state index contributed by atoms with van der Waals surface area (Å²) in [5, 5.41) is 12.1. The van der Waals surface area contributed by atoms with Gasteiger partial charge in [-0.2, -0.15) is 10.2 Å². The normalized spacial score (nSPS) is 14.3. The molecule has 1 amide bonds. The van der Waals surface area contributed by atoms with Crippen LogP contribution in [0.2, 0.25) is 0 Å². The fraction of sp³-hybridized carbons (Fsp3) is 0.238. The van der Waals surface area contributed by atoms with Crippen molar-refractivity contribution in [2.24, 2.45) is 5.92 Å². The number of nitrogens with one attached hydrogen (secondary N) is 2. The van der Waals surface area contributed by atoms with Crippen LogP contribution in [-0.2, 0) is 4.79 Å². The minimum absolute atomic E-state index is 0.0443. The molecule has 1 fully saturated rings. The number of carbonyl (C=O) groups excluding carboxylic acids is 1. The largest absolute Gasteiger partial charge is 0.419 e. The van der Waals surface area contributed by atoms with Crippen LogP contribution < -0.4 is 15.6 Å². The van der Waals surface area contributed by atoms with E-state index in [1.807, 2.05) is 11.0 Å². The van der Waals surface area contributed by atoms with Crippen LogP contribution in [-0.4, -0.2) is 29.0 Å². The number of amides is 1. The third-order valence-electron chi connectivity index (χ3n) is 5.05. The summed E-state index contributed by atoms with van der Waals surface area (Å²) in [5.74, 6) is -0.671. The molecule has 3 aromatic rings. The summed E-state index contributed by atoms with van der Waals surface area (Å²) in [6.07, 6.45) is 3.97. The topological polar surface area (TPSA) is 115 Å². The Morgan fingerprint density at radius 3 is 2.77 bits per heavy atom. The van der Waals surface area contributed by atoms with Gasteiger partial charge in [-0.3, -0.25) is 9.59 Å². The number of pyridine rings is 1. The van der Waals surface area contributed by atoms with E-state index in [4.69, 9.17) is 4.42 Å². The van der Waals surface area contributed by atoms with Gasteiger partial charge in [0.25, 0.3) is 0 Å². The zero-order valence-corrected chi connectivity index (χ0v) is 15.9. The number of nitriles is 1. The molecule has 30 heavy (non-hydrogen) atoms. The second-order valence-corrected chi connectivity index (χ2v) is 6.94. The maximum atomic E-state index is 14.0. The Morgan fingerprint density at radius 1 is 1.30 bits per heavy atom. The van der Waals surface area contributed by atoms with Crippen LogP contribution in [0, 0.1) is 23.1 Å². The van der Waals surface area contributed by atoms with Crippen LogP contribution in [0.25, 0.3) is 11.5 Å². The van der Waals surface area contributed by atoms with Crippen molar-refractivity contribution in [2.75, 3.05) is 23.3 Å². The third-order valence-corrected chi connectivity index (χ3v) is 5.05. The lowest BCUT2D eigenvalue weighted by atomic mass is 9.96. The zero-order chi connectivity index (χ0) is 21.1. The first-order valence-corrected chi connectivity index (χ1v) is 9.45. The predicted octanol–water partition coefficient (Wildman–Crippen LogP) is 2.90. The number of benzene rings is 1.